The molecule has 0 aromatic heterocycles. The van der Waals surface area contributed by atoms with Gasteiger partial charge in [-0.2, -0.15) is 0 Å². The van der Waals surface area contributed by atoms with E-state index in [1.165, 1.54) is 0 Å². The Bertz CT molecular complexity index is 350. The van der Waals surface area contributed by atoms with Crippen LogP contribution < -0.4 is 9.47 Å². The van der Waals surface area contributed by atoms with Crippen molar-refractivity contribution in [3.05, 3.63) is 22.2 Å². The number of hydrogen-bond donors (Lipinski definition) is 1. The maximum Gasteiger partial charge on any atom is 0.126 e. The van der Waals surface area contributed by atoms with E-state index in [-0.39, 0.29) is 6.10 Å². The normalized spacial score (nSPS) is 12.3. The fourth-order valence-electron chi connectivity index (χ4n) is 1.48. The molecule has 0 aliphatic heterocycles. The predicted molar refractivity (Wildman–Crippen MR) is 67.2 cm³/mol. The number of halogens is 1. The largest absolute Gasteiger partial charge is 0.497 e. The maximum atomic E-state index is 9.29. The molecule has 0 fully saturated rings. The minimum Gasteiger partial charge on any atom is -0.497 e. The summed E-state index contributed by atoms with van der Waals surface area (Å²) >= 11 is 3.49. The molecule has 1 aromatic rings. The first kappa shape index (κ1) is 13.3. The Morgan fingerprint density at radius 3 is 2.50 bits per heavy atom. The van der Waals surface area contributed by atoms with E-state index in [1.54, 1.807) is 21.1 Å². The maximum absolute atomic E-state index is 9.29. The molecule has 4 heteroatoms. The van der Waals surface area contributed by atoms with Crippen LogP contribution in [0.15, 0.2) is 16.6 Å². The number of rotatable bonds is 5. The summed E-state index contributed by atoms with van der Waals surface area (Å²) in [6.45, 7) is 1.78. The fourth-order valence-corrected chi connectivity index (χ4v) is 2.10. The van der Waals surface area contributed by atoms with Gasteiger partial charge in [0.25, 0.3) is 0 Å². The molecule has 0 unspecified atom stereocenters. The van der Waals surface area contributed by atoms with Crippen molar-refractivity contribution in [2.45, 2.75) is 25.9 Å². The Hall–Kier alpha value is -0.740. The lowest BCUT2D eigenvalue weighted by atomic mass is 10.1. The number of ether oxygens (including phenoxy) is 2. The zero-order chi connectivity index (χ0) is 12.1. The first-order chi connectivity index (χ1) is 7.58. The summed E-state index contributed by atoms with van der Waals surface area (Å²) < 4.78 is 11.4. The van der Waals surface area contributed by atoms with Gasteiger partial charge >= 0.3 is 0 Å². The lowest BCUT2D eigenvalue weighted by Crippen LogP contribution is -2.03. The zero-order valence-electron chi connectivity index (χ0n) is 9.79. The summed E-state index contributed by atoms with van der Waals surface area (Å²) in [7, 11) is 3.25. The van der Waals surface area contributed by atoms with Crippen LogP contribution in [0.5, 0.6) is 11.5 Å². The molecule has 1 atom stereocenters. The number of aliphatic hydroxyl groups excluding tert-OH is 1. The number of aliphatic hydroxyl groups is 1. The highest BCUT2D eigenvalue weighted by Crippen LogP contribution is 2.33. The monoisotopic (exact) mass is 288 g/mol. The van der Waals surface area contributed by atoms with Crippen LogP contribution in [0.1, 0.15) is 18.9 Å². The molecule has 0 bridgehead atoms. The van der Waals surface area contributed by atoms with Gasteiger partial charge < -0.3 is 14.6 Å². The third kappa shape index (κ3) is 3.39. The first-order valence-electron chi connectivity index (χ1n) is 5.17. The molecule has 1 N–H and O–H groups in total. The quantitative estimate of drug-likeness (QED) is 0.906. The second-order valence-corrected chi connectivity index (χ2v) is 4.53. The molecule has 16 heavy (non-hydrogen) atoms. The Morgan fingerprint density at radius 1 is 1.31 bits per heavy atom. The summed E-state index contributed by atoms with van der Waals surface area (Å²) in [5.41, 5.74) is 1.06. The number of benzene rings is 1. The second kappa shape index (κ2) is 6.11. The van der Waals surface area contributed by atoms with Gasteiger partial charge in [-0.25, -0.2) is 0 Å². The summed E-state index contributed by atoms with van der Waals surface area (Å²) in [6, 6.07) is 3.75. The lowest BCUT2D eigenvalue weighted by molar-refractivity contribution is 0.184. The summed E-state index contributed by atoms with van der Waals surface area (Å²) in [4.78, 5) is 0. The highest BCUT2D eigenvalue weighted by atomic mass is 79.9. The van der Waals surface area contributed by atoms with Gasteiger partial charge in [0.2, 0.25) is 0 Å². The van der Waals surface area contributed by atoms with Gasteiger partial charge in [-0.05, 0) is 25.8 Å². The standard InChI is InChI=1S/C12H17BrO3/c1-8(14)4-5-10-11(13)6-9(15-2)7-12(10)16-3/h6-8,14H,4-5H2,1-3H3/t8-/m0/s1. The molecule has 0 heterocycles. The van der Waals surface area contributed by atoms with Crippen LogP contribution >= 0.6 is 15.9 Å². The lowest BCUT2D eigenvalue weighted by Gasteiger charge is -2.13. The van der Waals surface area contributed by atoms with Crippen LogP contribution in [0.4, 0.5) is 0 Å². The highest BCUT2D eigenvalue weighted by Gasteiger charge is 2.11. The molecule has 0 saturated carbocycles. The third-order valence-corrected chi connectivity index (χ3v) is 3.10. The van der Waals surface area contributed by atoms with Crippen LogP contribution in [0.3, 0.4) is 0 Å². The molecule has 90 valence electrons. The molecule has 3 nitrogen and oxygen atoms in total. The van der Waals surface area contributed by atoms with Crippen LogP contribution in [-0.4, -0.2) is 25.4 Å². The van der Waals surface area contributed by atoms with Gasteiger partial charge in [-0.3, -0.25) is 0 Å². The first-order valence-corrected chi connectivity index (χ1v) is 5.96. The van der Waals surface area contributed by atoms with E-state index in [9.17, 15) is 5.11 Å². The Kier molecular flexibility index (Phi) is 5.09. The Morgan fingerprint density at radius 2 is 2.00 bits per heavy atom. The average molecular weight is 289 g/mol. The predicted octanol–water partition coefficient (Wildman–Crippen LogP) is 2.78. The molecular weight excluding hydrogens is 272 g/mol. The fraction of sp³-hybridized carbons (Fsp3) is 0.500. The highest BCUT2D eigenvalue weighted by molar-refractivity contribution is 9.10. The van der Waals surface area contributed by atoms with Crippen LogP contribution in [-0.2, 0) is 6.42 Å². The minimum atomic E-state index is -0.307. The zero-order valence-corrected chi connectivity index (χ0v) is 11.4. The number of methoxy groups -OCH3 is 2. The molecular formula is C12H17BrO3. The van der Waals surface area contributed by atoms with E-state index in [0.717, 1.165) is 28.0 Å². The Labute approximate surface area is 105 Å². The van der Waals surface area contributed by atoms with Crippen LogP contribution in [0.2, 0.25) is 0 Å². The van der Waals surface area contributed by atoms with Gasteiger partial charge in [0.1, 0.15) is 11.5 Å². The van der Waals surface area contributed by atoms with Gasteiger partial charge in [0, 0.05) is 16.1 Å². The van der Waals surface area contributed by atoms with Crippen molar-refractivity contribution in [3.8, 4) is 11.5 Å². The van der Waals surface area contributed by atoms with E-state index in [1.807, 2.05) is 12.1 Å². The van der Waals surface area contributed by atoms with E-state index in [2.05, 4.69) is 15.9 Å². The van der Waals surface area contributed by atoms with Gasteiger partial charge in [-0.1, -0.05) is 15.9 Å². The summed E-state index contributed by atoms with van der Waals surface area (Å²) in [6.07, 6.45) is 1.17. The van der Waals surface area contributed by atoms with E-state index in [0.29, 0.717) is 6.42 Å². The van der Waals surface area contributed by atoms with Crippen molar-refractivity contribution in [2.75, 3.05) is 14.2 Å². The van der Waals surface area contributed by atoms with Crippen molar-refractivity contribution in [3.63, 3.8) is 0 Å². The molecule has 1 aromatic carbocycles. The topological polar surface area (TPSA) is 38.7 Å². The third-order valence-electron chi connectivity index (χ3n) is 2.40. The molecule has 1 rings (SSSR count). The average Bonchev–Trinajstić information content (AvgIpc) is 2.26. The van der Waals surface area contributed by atoms with Gasteiger partial charge in [-0.15, -0.1) is 0 Å². The van der Waals surface area contributed by atoms with Crippen molar-refractivity contribution >= 4 is 15.9 Å². The van der Waals surface area contributed by atoms with Crippen molar-refractivity contribution in [2.24, 2.45) is 0 Å². The van der Waals surface area contributed by atoms with E-state index >= 15 is 0 Å². The second-order valence-electron chi connectivity index (χ2n) is 3.68. The molecule has 0 amide bonds. The van der Waals surface area contributed by atoms with Gasteiger partial charge in [0.05, 0.1) is 20.3 Å². The summed E-state index contributed by atoms with van der Waals surface area (Å²) in [5.74, 6) is 1.54. The summed E-state index contributed by atoms with van der Waals surface area (Å²) in [5, 5.41) is 9.29. The molecule has 0 spiro atoms. The number of hydrogen-bond acceptors (Lipinski definition) is 3. The molecule has 0 aliphatic rings. The molecule has 0 aliphatic carbocycles. The smallest absolute Gasteiger partial charge is 0.126 e. The van der Waals surface area contributed by atoms with Gasteiger partial charge in [0.15, 0.2) is 0 Å². The van der Waals surface area contributed by atoms with Crippen molar-refractivity contribution in [1.82, 2.24) is 0 Å². The van der Waals surface area contributed by atoms with Crippen molar-refractivity contribution in [1.29, 1.82) is 0 Å². The van der Waals surface area contributed by atoms with E-state index in [4.69, 9.17) is 9.47 Å². The molecule has 0 radical (unpaired) electrons. The van der Waals surface area contributed by atoms with Crippen LogP contribution in [0, 0.1) is 0 Å². The Balaban J connectivity index is 2.97. The molecule has 0 saturated heterocycles. The van der Waals surface area contributed by atoms with Crippen molar-refractivity contribution < 1.29 is 14.6 Å². The van der Waals surface area contributed by atoms with E-state index < -0.39 is 0 Å². The van der Waals surface area contributed by atoms with Crippen LogP contribution in [0.25, 0.3) is 0 Å². The SMILES string of the molecule is COc1cc(Br)c(CC[C@H](C)O)c(OC)c1. The minimum absolute atomic E-state index is 0.307.